The van der Waals surface area contributed by atoms with Crippen LogP contribution < -0.4 is 5.32 Å². The number of nitrogens with zero attached hydrogens (tertiary/aromatic N) is 1. The van der Waals surface area contributed by atoms with Gasteiger partial charge in [0.15, 0.2) is 0 Å². The van der Waals surface area contributed by atoms with Crippen molar-refractivity contribution in [2.45, 2.75) is 18.7 Å². The zero-order valence-corrected chi connectivity index (χ0v) is 12.9. The van der Waals surface area contributed by atoms with E-state index in [1.807, 2.05) is 44.2 Å². The van der Waals surface area contributed by atoms with Gasteiger partial charge >= 0.3 is 0 Å². The molecule has 0 aliphatic heterocycles. The van der Waals surface area contributed by atoms with Crippen molar-refractivity contribution < 1.29 is 4.79 Å². The van der Waals surface area contributed by atoms with Crippen LogP contribution in [-0.4, -0.2) is 16.6 Å². The first-order valence-corrected chi connectivity index (χ1v) is 7.53. The van der Waals surface area contributed by atoms with E-state index >= 15 is 0 Å². The van der Waals surface area contributed by atoms with Gasteiger partial charge in [-0.3, -0.25) is 9.78 Å². The quantitative estimate of drug-likeness (QED) is 0.865. The number of amides is 1. The van der Waals surface area contributed by atoms with Crippen molar-refractivity contribution in [2.75, 3.05) is 11.1 Å². The van der Waals surface area contributed by atoms with Gasteiger partial charge in [-0.1, -0.05) is 29.8 Å². The Balaban J connectivity index is 1.97. The van der Waals surface area contributed by atoms with E-state index in [9.17, 15) is 4.79 Å². The fourth-order valence-electron chi connectivity index (χ4n) is 1.68. The molecule has 3 nitrogen and oxygen atoms in total. The molecule has 0 atom stereocenters. The van der Waals surface area contributed by atoms with E-state index in [4.69, 9.17) is 11.6 Å². The Morgan fingerprint density at radius 3 is 2.70 bits per heavy atom. The molecule has 1 amide bonds. The first kappa shape index (κ1) is 14.9. The third-order valence-corrected chi connectivity index (χ3v) is 4.39. The highest BCUT2D eigenvalue weighted by Gasteiger charge is 2.10. The number of aryl methyl sites for hydroxylation is 1. The van der Waals surface area contributed by atoms with Crippen molar-refractivity contribution >= 4 is 35.0 Å². The number of pyridine rings is 1. The number of hydrogen-bond donors (Lipinski definition) is 1. The first-order chi connectivity index (χ1) is 9.58. The largest absolute Gasteiger partial charge is 0.324 e. The van der Waals surface area contributed by atoms with Crippen LogP contribution in [0.15, 0.2) is 41.4 Å². The molecule has 5 heteroatoms. The summed E-state index contributed by atoms with van der Waals surface area (Å²) in [7, 11) is 0. The second-order valence-electron chi connectivity index (χ2n) is 4.35. The molecule has 1 heterocycles. The second-order valence-corrected chi connectivity index (χ2v) is 5.77. The average Bonchev–Trinajstić information content (AvgIpc) is 2.47. The van der Waals surface area contributed by atoms with E-state index in [1.54, 1.807) is 6.20 Å². The Hall–Kier alpha value is -1.52. The molecule has 0 spiro atoms. The van der Waals surface area contributed by atoms with Crippen molar-refractivity contribution in [3.8, 4) is 0 Å². The first-order valence-electron chi connectivity index (χ1n) is 6.17. The monoisotopic (exact) mass is 306 g/mol. The normalized spacial score (nSPS) is 10.3. The van der Waals surface area contributed by atoms with E-state index in [0.717, 1.165) is 16.2 Å². The Labute approximate surface area is 127 Å². The van der Waals surface area contributed by atoms with E-state index in [-0.39, 0.29) is 5.91 Å². The van der Waals surface area contributed by atoms with Crippen molar-refractivity contribution in [1.82, 2.24) is 4.98 Å². The maximum atomic E-state index is 11.9. The molecule has 0 saturated carbocycles. The summed E-state index contributed by atoms with van der Waals surface area (Å²) >= 11 is 7.62. The van der Waals surface area contributed by atoms with Crippen LogP contribution in [0.2, 0.25) is 5.02 Å². The number of carbonyl (C=O) groups excluding carboxylic acids is 1. The van der Waals surface area contributed by atoms with E-state index in [0.29, 0.717) is 16.5 Å². The van der Waals surface area contributed by atoms with Crippen LogP contribution in [0.4, 0.5) is 5.69 Å². The SMILES string of the molecule is Cc1ncc(NC(=O)CSc2ccccc2)c(C)c1Cl. The molecule has 0 unspecified atom stereocenters. The minimum atomic E-state index is -0.0660. The molecule has 0 bridgehead atoms. The van der Waals surface area contributed by atoms with Crippen molar-refractivity contribution in [1.29, 1.82) is 0 Å². The van der Waals surface area contributed by atoms with Crippen LogP contribution in [0.5, 0.6) is 0 Å². The molecule has 1 N–H and O–H groups in total. The molecule has 1 aromatic carbocycles. The molecule has 2 aromatic rings. The van der Waals surface area contributed by atoms with Crippen molar-refractivity contribution in [2.24, 2.45) is 0 Å². The summed E-state index contributed by atoms with van der Waals surface area (Å²) in [4.78, 5) is 17.2. The van der Waals surface area contributed by atoms with Gasteiger partial charge in [-0.15, -0.1) is 11.8 Å². The lowest BCUT2D eigenvalue weighted by Gasteiger charge is -2.10. The van der Waals surface area contributed by atoms with Crippen LogP contribution in [0.1, 0.15) is 11.3 Å². The predicted octanol–water partition coefficient (Wildman–Crippen LogP) is 4.08. The van der Waals surface area contributed by atoms with Gasteiger partial charge in [0.25, 0.3) is 0 Å². The highest BCUT2D eigenvalue weighted by atomic mass is 35.5. The summed E-state index contributed by atoms with van der Waals surface area (Å²) in [6.07, 6.45) is 1.64. The number of benzene rings is 1. The molecule has 0 aliphatic carbocycles. The maximum Gasteiger partial charge on any atom is 0.234 e. The predicted molar refractivity (Wildman–Crippen MR) is 84.5 cm³/mol. The number of halogens is 1. The second kappa shape index (κ2) is 6.77. The van der Waals surface area contributed by atoms with Crippen molar-refractivity contribution in [3.63, 3.8) is 0 Å². The number of nitrogens with one attached hydrogen (secondary N) is 1. The summed E-state index contributed by atoms with van der Waals surface area (Å²) in [5.41, 5.74) is 2.28. The van der Waals surface area contributed by atoms with Gasteiger partial charge in [-0.05, 0) is 31.5 Å². The van der Waals surface area contributed by atoms with Crippen LogP contribution in [0.25, 0.3) is 0 Å². The Morgan fingerprint density at radius 1 is 1.30 bits per heavy atom. The molecule has 1 aromatic heterocycles. The Bertz CT molecular complexity index is 617. The molecule has 0 aliphatic rings. The van der Waals surface area contributed by atoms with Gasteiger partial charge in [0.1, 0.15) is 0 Å². The minimum absolute atomic E-state index is 0.0660. The molecular weight excluding hydrogens is 292 g/mol. The smallest absolute Gasteiger partial charge is 0.234 e. The number of carbonyl (C=O) groups is 1. The summed E-state index contributed by atoms with van der Waals surface area (Å²) < 4.78 is 0. The lowest BCUT2D eigenvalue weighted by atomic mass is 10.2. The van der Waals surface area contributed by atoms with Crippen LogP contribution >= 0.6 is 23.4 Å². The fraction of sp³-hybridized carbons (Fsp3) is 0.200. The third kappa shape index (κ3) is 3.74. The van der Waals surface area contributed by atoms with Gasteiger partial charge in [-0.2, -0.15) is 0 Å². The number of rotatable bonds is 4. The average molecular weight is 307 g/mol. The lowest BCUT2D eigenvalue weighted by molar-refractivity contribution is -0.113. The number of aromatic nitrogens is 1. The molecule has 0 saturated heterocycles. The van der Waals surface area contributed by atoms with E-state index < -0.39 is 0 Å². The highest BCUT2D eigenvalue weighted by molar-refractivity contribution is 8.00. The van der Waals surface area contributed by atoms with Crippen LogP contribution in [0.3, 0.4) is 0 Å². The minimum Gasteiger partial charge on any atom is -0.324 e. The van der Waals surface area contributed by atoms with Gasteiger partial charge in [0, 0.05) is 4.90 Å². The zero-order valence-electron chi connectivity index (χ0n) is 11.3. The van der Waals surface area contributed by atoms with Gasteiger partial charge in [0.05, 0.1) is 28.4 Å². The molecular formula is C15H15ClN2OS. The number of anilines is 1. The summed E-state index contributed by atoms with van der Waals surface area (Å²) in [6, 6.07) is 9.82. The molecule has 0 radical (unpaired) electrons. The zero-order chi connectivity index (χ0) is 14.5. The number of hydrogen-bond acceptors (Lipinski definition) is 3. The topological polar surface area (TPSA) is 42.0 Å². The summed E-state index contributed by atoms with van der Waals surface area (Å²) in [6.45, 7) is 3.71. The highest BCUT2D eigenvalue weighted by Crippen LogP contribution is 2.25. The lowest BCUT2D eigenvalue weighted by Crippen LogP contribution is -2.15. The Morgan fingerprint density at radius 2 is 2.00 bits per heavy atom. The molecule has 104 valence electrons. The summed E-state index contributed by atoms with van der Waals surface area (Å²) in [5, 5.41) is 3.44. The molecule has 20 heavy (non-hydrogen) atoms. The van der Waals surface area contributed by atoms with E-state index in [2.05, 4.69) is 10.3 Å². The molecule has 0 fully saturated rings. The van der Waals surface area contributed by atoms with Gasteiger partial charge in [0.2, 0.25) is 5.91 Å². The fourth-order valence-corrected chi connectivity index (χ4v) is 2.55. The Kier molecular flexibility index (Phi) is 5.04. The third-order valence-electron chi connectivity index (χ3n) is 2.83. The maximum absolute atomic E-state index is 11.9. The van der Waals surface area contributed by atoms with Gasteiger partial charge in [-0.25, -0.2) is 0 Å². The number of thioether (sulfide) groups is 1. The van der Waals surface area contributed by atoms with Crippen molar-refractivity contribution in [3.05, 3.63) is 52.8 Å². The van der Waals surface area contributed by atoms with Crippen LogP contribution in [-0.2, 0) is 4.79 Å². The van der Waals surface area contributed by atoms with Gasteiger partial charge < -0.3 is 5.32 Å². The van der Waals surface area contributed by atoms with Crippen LogP contribution in [0, 0.1) is 13.8 Å². The van der Waals surface area contributed by atoms with E-state index in [1.165, 1.54) is 11.8 Å². The summed E-state index contributed by atoms with van der Waals surface area (Å²) in [5.74, 6) is 0.290. The molecule has 2 rings (SSSR count). The standard InChI is InChI=1S/C15H15ClN2OS/c1-10-13(8-17-11(2)15(10)16)18-14(19)9-20-12-6-4-3-5-7-12/h3-8H,9H2,1-2H3,(H,18,19).